The molecule has 1 aromatic rings. The first-order chi connectivity index (χ1) is 20.1. The van der Waals surface area contributed by atoms with E-state index in [4.69, 9.17) is 0 Å². The van der Waals surface area contributed by atoms with E-state index in [0.717, 1.165) is 35.9 Å². The summed E-state index contributed by atoms with van der Waals surface area (Å²) in [5.41, 5.74) is 0.858. The number of nitrogens with zero attached hydrogens (tertiary/aromatic N) is 1. The Morgan fingerprint density at radius 2 is 1.35 bits per heavy atom. The van der Waals surface area contributed by atoms with Gasteiger partial charge in [0.15, 0.2) is 0 Å². The van der Waals surface area contributed by atoms with E-state index in [2.05, 4.69) is 47.7 Å². The van der Waals surface area contributed by atoms with E-state index >= 15 is 0 Å². The van der Waals surface area contributed by atoms with Crippen LogP contribution in [0.1, 0.15) is 72.3 Å². The molecule has 0 fully saturated rings. The summed E-state index contributed by atoms with van der Waals surface area (Å²) in [6.07, 6.45) is 3.55. The predicted molar refractivity (Wildman–Crippen MR) is 169 cm³/mol. The van der Waals surface area contributed by atoms with E-state index in [1.54, 1.807) is 0 Å². The van der Waals surface area contributed by atoms with Gasteiger partial charge in [-0.3, -0.25) is 24.0 Å². The summed E-state index contributed by atoms with van der Waals surface area (Å²) in [5.74, 6) is -2.01. The normalized spacial score (nSPS) is 14.2. The van der Waals surface area contributed by atoms with Crippen LogP contribution in [0.5, 0.6) is 0 Å². The standard InChI is InChI=1S/C32H54N6O5/c1-9-18-33-30(41)26(17-13-14-19-38(6,7)8)36-32(43)27(20-22(2)3)37-29(40)23(4)34-31(42)28(35-24(5)39)21-25-15-11-10-12-16-25/h10-12,15-16,22-23,26-28H,9,13-14,17-21H2,1-8H3,(H4-,33,34,35,36,37,39,40,41,42,43)/p+1/t23-,26-,27-,28-/m0/s1. The van der Waals surface area contributed by atoms with Crippen LogP contribution < -0.4 is 26.6 Å². The first-order valence-electron chi connectivity index (χ1n) is 15.4. The largest absolute Gasteiger partial charge is 0.354 e. The SMILES string of the molecule is CCCNC(=O)[C@H](CCCC[N+](C)(C)C)NC(=O)[C@H](CC(C)C)NC(=O)[C@H](C)NC(=O)[C@H](Cc1ccccc1)NC(C)=O. The van der Waals surface area contributed by atoms with Crippen molar-refractivity contribution in [3.8, 4) is 0 Å². The number of hydrogen-bond acceptors (Lipinski definition) is 5. The maximum absolute atomic E-state index is 13.4. The lowest BCUT2D eigenvalue weighted by atomic mass is 10.0. The zero-order valence-corrected chi connectivity index (χ0v) is 27.4. The van der Waals surface area contributed by atoms with Gasteiger partial charge in [-0.15, -0.1) is 0 Å². The van der Waals surface area contributed by atoms with Crippen molar-refractivity contribution < 1.29 is 28.5 Å². The second-order valence-electron chi connectivity index (χ2n) is 12.7. The summed E-state index contributed by atoms with van der Waals surface area (Å²) in [6.45, 7) is 10.2. The number of unbranched alkanes of at least 4 members (excludes halogenated alkanes) is 1. The topological polar surface area (TPSA) is 146 Å². The van der Waals surface area contributed by atoms with Gasteiger partial charge >= 0.3 is 0 Å². The van der Waals surface area contributed by atoms with Crippen molar-refractivity contribution >= 4 is 29.5 Å². The van der Waals surface area contributed by atoms with Crippen LogP contribution in [-0.2, 0) is 30.4 Å². The number of amides is 5. The monoisotopic (exact) mass is 603 g/mol. The van der Waals surface area contributed by atoms with Crippen molar-refractivity contribution in [3.63, 3.8) is 0 Å². The molecule has 0 aromatic heterocycles. The summed E-state index contributed by atoms with van der Waals surface area (Å²) < 4.78 is 0.814. The van der Waals surface area contributed by atoms with Gasteiger partial charge in [-0.25, -0.2) is 0 Å². The Kier molecular flexibility index (Phi) is 16.5. The molecule has 0 radical (unpaired) electrons. The molecule has 242 valence electrons. The quantitative estimate of drug-likeness (QED) is 0.121. The van der Waals surface area contributed by atoms with Crippen LogP contribution in [0.4, 0.5) is 0 Å². The Balaban J connectivity index is 2.93. The molecule has 0 aliphatic rings. The Hall–Kier alpha value is -3.47. The number of carbonyl (C=O) groups is 5. The minimum atomic E-state index is -0.971. The Morgan fingerprint density at radius 1 is 0.744 bits per heavy atom. The molecule has 4 atom stereocenters. The molecule has 11 heteroatoms. The number of nitrogens with one attached hydrogen (secondary N) is 5. The molecule has 5 amide bonds. The number of rotatable bonds is 19. The lowest BCUT2D eigenvalue weighted by Gasteiger charge is -2.27. The Bertz CT molecular complexity index is 1040. The maximum Gasteiger partial charge on any atom is 0.243 e. The predicted octanol–water partition coefficient (Wildman–Crippen LogP) is 1.66. The van der Waals surface area contributed by atoms with Crippen molar-refractivity contribution in [2.75, 3.05) is 34.2 Å². The van der Waals surface area contributed by atoms with Gasteiger partial charge in [0.05, 0.1) is 27.7 Å². The molecule has 0 heterocycles. The van der Waals surface area contributed by atoms with Gasteiger partial charge in [-0.1, -0.05) is 51.1 Å². The van der Waals surface area contributed by atoms with Crippen molar-refractivity contribution in [1.82, 2.24) is 26.6 Å². The van der Waals surface area contributed by atoms with Gasteiger partial charge < -0.3 is 31.1 Å². The van der Waals surface area contributed by atoms with E-state index in [0.29, 0.717) is 19.4 Å². The first kappa shape index (κ1) is 37.6. The van der Waals surface area contributed by atoms with Gasteiger partial charge in [0, 0.05) is 19.9 Å². The van der Waals surface area contributed by atoms with Crippen LogP contribution >= 0.6 is 0 Å². The molecule has 0 saturated carbocycles. The molecule has 0 bridgehead atoms. The highest BCUT2D eigenvalue weighted by Crippen LogP contribution is 2.10. The van der Waals surface area contributed by atoms with Gasteiger partial charge in [0.25, 0.3) is 0 Å². The fourth-order valence-electron chi connectivity index (χ4n) is 4.53. The van der Waals surface area contributed by atoms with E-state index < -0.39 is 41.9 Å². The molecule has 0 spiro atoms. The number of quaternary nitrogens is 1. The summed E-state index contributed by atoms with van der Waals surface area (Å²) in [7, 11) is 6.33. The summed E-state index contributed by atoms with van der Waals surface area (Å²) in [5, 5.41) is 13.8. The smallest absolute Gasteiger partial charge is 0.243 e. The van der Waals surface area contributed by atoms with Crippen LogP contribution in [0, 0.1) is 5.92 Å². The highest BCUT2D eigenvalue weighted by Gasteiger charge is 2.30. The van der Waals surface area contributed by atoms with E-state index in [-0.39, 0.29) is 24.2 Å². The molecule has 0 unspecified atom stereocenters. The van der Waals surface area contributed by atoms with Crippen LogP contribution in [0.25, 0.3) is 0 Å². The molecule has 1 aromatic carbocycles. The second kappa shape index (κ2) is 18.9. The fourth-order valence-corrected chi connectivity index (χ4v) is 4.53. The average Bonchev–Trinajstić information content (AvgIpc) is 2.91. The lowest BCUT2D eigenvalue weighted by molar-refractivity contribution is -0.870. The Morgan fingerprint density at radius 3 is 1.91 bits per heavy atom. The minimum Gasteiger partial charge on any atom is -0.354 e. The molecule has 0 aliphatic carbocycles. The summed E-state index contributed by atoms with van der Waals surface area (Å²) in [4.78, 5) is 64.3. The van der Waals surface area contributed by atoms with Gasteiger partial charge in [0.2, 0.25) is 29.5 Å². The van der Waals surface area contributed by atoms with Crippen molar-refractivity contribution in [3.05, 3.63) is 35.9 Å². The number of carbonyl (C=O) groups excluding carboxylic acids is 5. The molecule has 5 N–H and O–H groups in total. The maximum atomic E-state index is 13.4. The Labute approximate surface area is 257 Å². The third-order valence-electron chi connectivity index (χ3n) is 6.82. The van der Waals surface area contributed by atoms with Crippen LogP contribution in [0.3, 0.4) is 0 Å². The van der Waals surface area contributed by atoms with Crippen molar-refractivity contribution in [1.29, 1.82) is 0 Å². The molecule has 43 heavy (non-hydrogen) atoms. The molecular formula is C32H55N6O5+. The van der Waals surface area contributed by atoms with Gasteiger partial charge in [-0.05, 0) is 50.5 Å². The van der Waals surface area contributed by atoms with E-state index in [1.165, 1.54) is 13.8 Å². The highest BCUT2D eigenvalue weighted by molar-refractivity contribution is 5.95. The van der Waals surface area contributed by atoms with Gasteiger partial charge in [-0.2, -0.15) is 0 Å². The zero-order valence-electron chi connectivity index (χ0n) is 27.4. The van der Waals surface area contributed by atoms with Crippen molar-refractivity contribution in [2.45, 2.75) is 97.3 Å². The second-order valence-corrected chi connectivity index (χ2v) is 12.7. The van der Waals surface area contributed by atoms with E-state index in [1.807, 2.05) is 51.1 Å². The molecular weight excluding hydrogens is 548 g/mol. The van der Waals surface area contributed by atoms with E-state index in [9.17, 15) is 24.0 Å². The zero-order chi connectivity index (χ0) is 32.6. The lowest BCUT2D eigenvalue weighted by Crippen LogP contribution is -2.58. The van der Waals surface area contributed by atoms with Gasteiger partial charge in [0.1, 0.15) is 24.2 Å². The minimum absolute atomic E-state index is 0.0767. The summed E-state index contributed by atoms with van der Waals surface area (Å²) >= 11 is 0. The highest BCUT2D eigenvalue weighted by atomic mass is 16.2. The number of hydrogen-bond donors (Lipinski definition) is 5. The molecule has 0 aliphatic heterocycles. The molecule has 1 rings (SSSR count). The molecule has 11 nitrogen and oxygen atoms in total. The number of benzene rings is 1. The van der Waals surface area contributed by atoms with Crippen LogP contribution in [0.15, 0.2) is 30.3 Å². The average molecular weight is 604 g/mol. The van der Waals surface area contributed by atoms with Crippen molar-refractivity contribution in [2.24, 2.45) is 5.92 Å². The third kappa shape index (κ3) is 16.1. The summed E-state index contributed by atoms with van der Waals surface area (Å²) in [6, 6.07) is 5.81. The molecule has 0 saturated heterocycles. The van der Waals surface area contributed by atoms with Crippen LogP contribution in [0.2, 0.25) is 0 Å². The third-order valence-corrected chi connectivity index (χ3v) is 6.82. The first-order valence-corrected chi connectivity index (χ1v) is 15.4. The fraction of sp³-hybridized carbons (Fsp3) is 0.656. The van der Waals surface area contributed by atoms with Crippen LogP contribution in [-0.4, -0.2) is 92.4 Å².